The van der Waals surface area contributed by atoms with Crippen LogP contribution in [-0.4, -0.2) is 30.5 Å². The number of halogens is 1. The van der Waals surface area contributed by atoms with Gasteiger partial charge in [-0.25, -0.2) is 0 Å². The smallest absolute Gasteiger partial charge is 0.165 e. The second-order valence-corrected chi connectivity index (χ2v) is 8.45. The maximum Gasteiger partial charge on any atom is 0.165 e. The summed E-state index contributed by atoms with van der Waals surface area (Å²) in [6, 6.07) is 15.9. The van der Waals surface area contributed by atoms with E-state index in [1.807, 2.05) is 48.7 Å². The molecule has 0 saturated heterocycles. The van der Waals surface area contributed by atoms with E-state index in [1.54, 1.807) is 26.0 Å². The normalized spacial score (nSPS) is 17.8. The monoisotopic (exact) mass is 427 g/mol. The zero-order valence-electron chi connectivity index (χ0n) is 16.3. The van der Waals surface area contributed by atoms with Gasteiger partial charge in [0.05, 0.1) is 37.0 Å². The van der Waals surface area contributed by atoms with Gasteiger partial charge >= 0.3 is 0 Å². The average molecular weight is 428 g/mol. The summed E-state index contributed by atoms with van der Waals surface area (Å²) in [4.78, 5) is 0. The summed E-state index contributed by atoms with van der Waals surface area (Å²) in [7, 11) is 3.28. The number of nitrogens with zero attached hydrogens (tertiary/aromatic N) is 1. The van der Waals surface area contributed by atoms with E-state index in [9.17, 15) is 5.11 Å². The van der Waals surface area contributed by atoms with Gasteiger partial charge in [-0.1, -0.05) is 30.3 Å². The molecular weight excluding hydrogens is 406 g/mol. The molecule has 3 aromatic rings. The molecule has 4 rings (SSSR count). The number of fused-ring (bicyclic) bond motifs is 3. The number of hydrogen-bond acceptors (Lipinski definition) is 4. The van der Waals surface area contributed by atoms with Gasteiger partial charge in [0, 0.05) is 22.5 Å². The van der Waals surface area contributed by atoms with Crippen molar-refractivity contribution in [3.05, 3.63) is 88.7 Å². The van der Waals surface area contributed by atoms with Crippen LogP contribution >= 0.6 is 23.4 Å². The molecule has 2 aromatic carbocycles. The second-order valence-electron chi connectivity index (χ2n) is 6.80. The van der Waals surface area contributed by atoms with Crippen LogP contribution in [0.15, 0.2) is 66.9 Å². The molecule has 0 bridgehead atoms. The standard InChI is InChI=1S/C23H22ClNO3S/c1-14(13-26)22-19-7-5-11-25(19)18-10-9-15(24)12-17(18)23(29-22)16-6-4-8-20(27-2)21(16)28-3/h4-12,22-23,26H,1,13H2,2-3H3/t22-,23-/m1/s1. The average Bonchev–Trinajstić information content (AvgIpc) is 3.18. The Balaban J connectivity index is 1.99. The summed E-state index contributed by atoms with van der Waals surface area (Å²) in [6.07, 6.45) is 2.03. The van der Waals surface area contributed by atoms with Crippen molar-refractivity contribution in [1.82, 2.24) is 4.57 Å². The number of hydrogen-bond donors (Lipinski definition) is 1. The number of aromatic nitrogens is 1. The number of aliphatic hydroxyl groups is 1. The quantitative estimate of drug-likeness (QED) is 0.540. The molecule has 1 aliphatic rings. The summed E-state index contributed by atoms with van der Waals surface area (Å²) in [6.45, 7) is 4.05. The van der Waals surface area contributed by atoms with Crippen LogP contribution in [0.4, 0.5) is 0 Å². The Bertz CT molecular complexity index is 1060. The topological polar surface area (TPSA) is 43.6 Å². The highest BCUT2D eigenvalue weighted by Crippen LogP contribution is 2.54. The van der Waals surface area contributed by atoms with Crippen LogP contribution in [0.3, 0.4) is 0 Å². The lowest BCUT2D eigenvalue weighted by Gasteiger charge is -2.24. The van der Waals surface area contributed by atoms with Crippen molar-refractivity contribution in [2.45, 2.75) is 10.5 Å². The predicted octanol–water partition coefficient (Wildman–Crippen LogP) is 5.57. The Kier molecular flexibility index (Phi) is 5.63. The van der Waals surface area contributed by atoms with Gasteiger partial charge in [-0.2, -0.15) is 0 Å². The van der Waals surface area contributed by atoms with Crippen molar-refractivity contribution in [2.75, 3.05) is 20.8 Å². The number of ether oxygens (including phenoxy) is 2. The number of rotatable bonds is 5. The van der Waals surface area contributed by atoms with Crippen LogP contribution in [0.5, 0.6) is 11.5 Å². The molecule has 6 heteroatoms. The summed E-state index contributed by atoms with van der Waals surface area (Å²) in [5, 5.41) is 10.3. The molecule has 0 unspecified atom stereocenters. The van der Waals surface area contributed by atoms with Gasteiger partial charge in [0.15, 0.2) is 11.5 Å². The Labute approximate surface area is 179 Å². The molecule has 150 valence electrons. The zero-order chi connectivity index (χ0) is 20.5. The number of methoxy groups -OCH3 is 2. The summed E-state index contributed by atoms with van der Waals surface area (Å²) in [5.74, 6) is 1.37. The van der Waals surface area contributed by atoms with E-state index in [4.69, 9.17) is 21.1 Å². The van der Waals surface area contributed by atoms with Crippen LogP contribution in [-0.2, 0) is 0 Å². The van der Waals surface area contributed by atoms with Crippen molar-refractivity contribution < 1.29 is 14.6 Å². The van der Waals surface area contributed by atoms with E-state index >= 15 is 0 Å². The third kappa shape index (κ3) is 3.44. The van der Waals surface area contributed by atoms with Crippen molar-refractivity contribution in [2.24, 2.45) is 0 Å². The molecule has 29 heavy (non-hydrogen) atoms. The largest absolute Gasteiger partial charge is 0.493 e. The molecule has 4 nitrogen and oxygen atoms in total. The van der Waals surface area contributed by atoms with Crippen LogP contribution in [0.25, 0.3) is 5.69 Å². The molecule has 2 heterocycles. The van der Waals surface area contributed by atoms with Gasteiger partial charge in [-0.3, -0.25) is 0 Å². The van der Waals surface area contributed by atoms with Crippen LogP contribution in [0, 0.1) is 0 Å². The minimum absolute atomic E-state index is 0.0814. The lowest BCUT2D eigenvalue weighted by atomic mass is 10.0. The lowest BCUT2D eigenvalue weighted by Crippen LogP contribution is -2.06. The number of thioether (sulfide) groups is 1. The first kappa shape index (κ1) is 20.0. The highest BCUT2D eigenvalue weighted by molar-refractivity contribution is 8.00. The fraction of sp³-hybridized carbons (Fsp3) is 0.217. The van der Waals surface area contributed by atoms with Crippen molar-refractivity contribution in [3.63, 3.8) is 0 Å². The second kappa shape index (κ2) is 8.19. The third-order valence-electron chi connectivity index (χ3n) is 5.14. The van der Waals surface area contributed by atoms with E-state index in [-0.39, 0.29) is 17.1 Å². The SMILES string of the molecule is C=C(CO)[C@H]1S[C@H](c2cccc(OC)c2OC)c2cc(Cl)ccc2-n2cccc21. The maximum atomic E-state index is 9.85. The third-order valence-corrected chi connectivity index (χ3v) is 7.00. The minimum Gasteiger partial charge on any atom is -0.493 e. The van der Waals surface area contributed by atoms with Crippen LogP contribution < -0.4 is 9.47 Å². The number of benzene rings is 2. The number of aliphatic hydroxyl groups excluding tert-OH is 1. The molecular formula is C23H22ClNO3S. The first-order chi connectivity index (χ1) is 14.1. The fourth-order valence-corrected chi connectivity index (χ4v) is 5.53. The molecule has 0 spiro atoms. The fourth-order valence-electron chi connectivity index (χ4n) is 3.81. The van der Waals surface area contributed by atoms with Crippen LogP contribution in [0.1, 0.15) is 27.3 Å². The van der Waals surface area contributed by atoms with Crippen molar-refractivity contribution >= 4 is 23.4 Å². The molecule has 0 radical (unpaired) electrons. The molecule has 1 N–H and O–H groups in total. The maximum absolute atomic E-state index is 9.85. The van der Waals surface area contributed by atoms with E-state index in [2.05, 4.69) is 17.2 Å². The van der Waals surface area contributed by atoms with E-state index in [1.165, 1.54) is 0 Å². The van der Waals surface area contributed by atoms with Gasteiger partial charge in [-0.15, -0.1) is 11.8 Å². The lowest BCUT2D eigenvalue weighted by molar-refractivity contribution is 0.328. The number of para-hydroxylation sites is 1. The van der Waals surface area contributed by atoms with E-state index in [0.717, 1.165) is 28.1 Å². The minimum atomic E-state index is -0.0954. The Hall–Kier alpha value is -2.34. The highest BCUT2D eigenvalue weighted by Gasteiger charge is 2.33. The molecule has 0 amide bonds. The van der Waals surface area contributed by atoms with Crippen LogP contribution in [0.2, 0.25) is 5.02 Å². The van der Waals surface area contributed by atoms with E-state index < -0.39 is 0 Å². The summed E-state index contributed by atoms with van der Waals surface area (Å²) >= 11 is 8.12. The Morgan fingerprint density at radius 2 is 1.97 bits per heavy atom. The molecule has 0 fully saturated rings. The predicted molar refractivity (Wildman–Crippen MR) is 119 cm³/mol. The van der Waals surface area contributed by atoms with Gasteiger partial charge in [0.25, 0.3) is 0 Å². The first-order valence-electron chi connectivity index (χ1n) is 9.21. The summed E-state index contributed by atoms with van der Waals surface area (Å²) < 4.78 is 13.4. The van der Waals surface area contributed by atoms with Gasteiger partial charge < -0.3 is 19.1 Å². The first-order valence-corrected chi connectivity index (χ1v) is 10.5. The van der Waals surface area contributed by atoms with Crippen molar-refractivity contribution in [3.8, 4) is 17.2 Å². The van der Waals surface area contributed by atoms with Crippen molar-refractivity contribution in [1.29, 1.82) is 0 Å². The summed E-state index contributed by atoms with van der Waals surface area (Å²) in [5.41, 5.74) is 4.93. The van der Waals surface area contributed by atoms with Gasteiger partial charge in [0.1, 0.15) is 0 Å². The Morgan fingerprint density at radius 3 is 2.69 bits per heavy atom. The van der Waals surface area contributed by atoms with Gasteiger partial charge in [-0.05, 0) is 47.5 Å². The van der Waals surface area contributed by atoms with Gasteiger partial charge in [0.2, 0.25) is 0 Å². The molecule has 0 aliphatic carbocycles. The molecule has 1 aliphatic heterocycles. The van der Waals surface area contributed by atoms with E-state index in [0.29, 0.717) is 16.5 Å². The molecule has 1 aromatic heterocycles. The molecule has 0 saturated carbocycles. The molecule has 2 atom stereocenters. The Morgan fingerprint density at radius 1 is 1.14 bits per heavy atom. The highest BCUT2D eigenvalue weighted by atomic mass is 35.5. The zero-order valence-corrected chi connectivity index (χ0v) is 17.8.